The van der Waals surface area contributed by atoms with E-state index in [0.717, 1.165) is 16.3 Å². The van der Waals surface area contributed by atoms with Crippen molar-refractivity contribution < 1.29 is 9.53 Å². The Labute approximate surface area is 104 Å². The number of fused-ring (bicyclic) bond motifs is 1. The molecular weight excluding hydrogens is 234 g/mol. The van der Waals surface area contributed by atoms with Crippen molar-refractivity contribution in [1.82, 2.24) is 0 Å². The van der Waals surface area contributed by atoms with E-state index in [-0.39, 0.29) is 5.97 Å². The molecule has 0 fully saturated rings. The van der Waals surface area contributed by atoms with E-state index in [1.54, 1.807) is 12.1 Å². The maximum Gasteiger partial charge on any atom is 0.338 e. The molecule has 0 aliphatic heterocycles. The second-order valence-corrected chi connectivity index (χ2v) is 4.00. The summed E-state index contributed by atoms with van der Waals surface area (Å²) >= 11 is 4.99. The number of thiocarbonyl (C=S) groups is 1. The third-order valence-electron chi connectivity index (χ3n) is 2.59. The molecule has 17 heavy (non-hydrogen) atoms. The van der Waals surface area contributed by atoms with Crippen molar-refractivity contribution in [3.8, 4) is 0 Å². The van der Waals surface area contributed by atoms with Crippen LogP contribution in [0.15, 0.2) is 36.4 Å². The number of methoxy groups -OCH3 is 1. The Balaban J connectivity index is 2.79. The summed E-state index contributed by atoms with van der Waals surface area (Å²) in [6, 6.07) is 10.9. The van der Waals surface area contributed by atoms with Gasteiger partial charge in [-0.05, 0) is 16.8 Å². The van der Waals surface area contributed by atoms with Gasteiger partial charge in [-0.3, -0.25) is 0 Å². The van der Waals surface area contributed by atoms with Crippen molar-refractivity contribution >= 4 is 33.9 Å². The number of hydrogen-bond acceptors (Lipinski definition) is 3. The minimum atomic E-state index is -0.365. The minimum absolute atomic E-state index is 0.317. The summed E-state index contributed by atoms with van der Waals surface area (Å²) in [5.74, 6) is -0.365. The molecule has 4 heteroatoms. The highest BCUT2D eigenvalue weighted by molar-refractivity contribution is 7.80. The molecule has 0 aliphatic carbocycles. The first kappa shape index (κ1) is 11.5. The van der Waals surface area contributed by atoms with E-state index >= 15 is 0 Å². The molecule has 0 unspecified atom stereocenters. The average Bonchev–Trinajstić information content (AvgIpc) is 2.36. The number of carbonyl (C=O) groups excluding carboxylic acids is 1. The monoisotopic (exact) mass is 245 g/mol. The van der Waals surface area contributed by atoms with Crippen LogP contribution in [0.5, 0.6) is 0 Å². The quantitative estimate of drug-likeness (QED) is 0.651. The Morgan fingerprint density at radius 2 is 1.65 bits per heavy atom. The number of ether oxygens (including phenoxy) is 1. The lowest BCUT2D eigenvalue weighted by Crippen LogP contribution is -2.11. The molecule has 0 spiro atoms. The van der Waals surface area contributed by atoms with Gasteiger partial charge in [0.1, 0.15) is 4.99 Å². The number of benzene rings is 2. The number of rotatable bonds is 2. The molecule has 2 N–H and O–H groups in total. The van der Waals surface area contributed by atoms with Crippen LogP contribution in [0.1, 0.15) is 15.9 Å². The summed E-state index contributed by atoms with van der Waals surface area (Å²) in [4.78, 5) is 11.9. The van der Waals surface area contributed by atoms with Gasteiger partial charge in [-0.2, -0.15) is 0 Å². The van der Waals surface area contributed by atoms with Gasteiger partial charge in [-0.15, -0.1) is 0 Å². The molecule has 0 heterocycles. The van der Waals surface area contributed by atoms with Gasteiger partial charge in [0, 0.05) is 5.56 Å². The fraction of sp³-hybridized carbons (Fsp3) is 0.0769. The molecule has 0 saturated heterocycles. The second kappa shape index (κ2) is 4.51. The third kappa shape index (κ3) is 1.99. The third-order valence-corrected chi connectivity index (χ3v) is 2.81. The zero-order valence-electron chi connectivity index (χ0n) is 9.27. The normalized spacial score (nSPS) is 10.2. The van der Waals surface area contributed by atoms with Gasteiger partial charge in [0.15, 0.2) is 0 Å². The Morgan fingerprint density at radius 1 is 1.12 bits per heavy atom. The number of nitrogens with two attached hydrogens (primary N) is 1. The molecule has 0 bridgehead atoms. The maximum absolute atomic E-state index is 11.6. The molecule has 2 aromatic rings. The largest absolute Gasteiger partial charge is 0.465 e. The number of carbonyl (C=O) groups is 1. The van der Waals surface area contributed by atoms with Crippen LogP contribution in [0.3, 0.4) is 0 Å². The first-order valence-electron chi connectivity index (χ1n) is 5.05. The van der Waals surface area contributed by atoms with E-state index in [2.05, 4.69) is 0 Å². The van der Waals surface area contributed by atoms with Crippen LogP contribution in [-0.4, -0.2) is 18.1 Å². The lowest BCUT2D eigenvalue weighted by Gasteiger charge is -2.08. The summed E-state index contributed by atoms with van der Waals surface area (Å²) < 4.78 is 4.74. The molecular formula is C13H11NO2S. The zero-order chi connectivity index (χ0) is 12.4. The molecule has 3 nitrogen and oxygen atoms in total. The van der Waals surface area contributed by atoms with E-state index in [1.165, 1.54) is 7.11 Å². The van der Waals surface area contributed by atoms with Gasteiger partial charge in [-0.25, -0.2) is 4.79 Å². The van der Waals surface area contributed by atoms with Gasteiger partial charge in [-0.1, -0.05) is 42.5 Å². The molecule has 0 aromatic heterocycles. The lowest BCUT2D eigenvalue weighted by molar-refractivity contribution is 0.0603. The van der Waals surface area contributed by atoms with Crippen LogP contribution in [0.2, 0.25) is 0 Å². The van der Waals surface area contributed by atoms with E-state index < -0.39 is 0 Å². The highest BCUT2D eigenvalue weighted by Gasteiger charge is 2.12. The SMILES string of the molecule is COC(=O)c1ccc(C(N)=S)c2ccccc12. The molecule has 0 aliphatic rings. The fourth-order valence-electron chi connectivity index (χ4n) is 1.80. The highest BCUT2D eigenvalue weighted by atomic mass is 32.1. The Morgan fingerprint density at radius 3 is 2.18 bits per heavy atom. The Kier molecular flexibility index (Phi) is 3.06. The zero-order valence-corrected chi connectivity index (χ0v) is 10.1. The van der Waals surface area contributed by atoms with Gasteiger partial charge in [0.2, 0.25) is 0 Å². The summed E-state index contributed by atoms with van der Waals surface area (Å²) in [5.41, 5.74) is 6.94. The van der Waals surface area contributed by atoms with Gasteiger partial charge < -0.3 is 10.5 Å². The van der Waals surface area contributed by atoms with E-state index in [4.69, 9.17) is 22.7 Å². The fourth-order valence-corrected chi connectivity index (χ4v) is 1.98. The van der Waals surface area contributed by atoms with Crippen molar-refractivity contribution in [1.29, 1.82) is 0 Å². The molecule has 0 saturated carbocycles. The predicted molar refractivity (Wildman–Crippen MR) is 71.2 cm³/mol. The summed E-state index contributed by atoms with van der Waals surface area (Å²) in [6.07, 6.45) is 0. The summed E-state index contributed by atoms with van der Waals surface area (Å²) in [6.45, 7) is 0. The van der Waals surface area contributed by atoms with Crippen LogP contribution in [0.25, 0.3) is 10.8 Å². The number of esters is 1. The van der Waals surface area contributed by atoms with Gasteiger partial charge in [0.05, 0.1) is 12.7 Å². The standard InChI is InChI=1S/C13H11NO2S/c1-16-13(15)11-7-6-10(12(14)17)8-4-2-3-5-9(8)11/h2-7H,1H3,(H2,14,17). The van der Waals surface area contributed by atoms with Crippen molar-refractivity contribution in [3.05, 3.63) is 47.5 Å². The summed E-state index contributed by atoms with van der Waals surface area (Å²) in [7, 11) is 1.36. The Hall–Kier alpha value is -1.94. The van der Waals surface area contributed by atoms with Gasteiger partial charge >= 0.3 is 5.97 Å². The first-order valence-corrected chi connectivity index (χ1v) is 5.46. The van der Waals surface area contributed by atoms with Crippen LogP contribution in [0.4, 0.5) is 0 Å². The smallest absolute Gasteiger partial charge is 0.338 e. The first-order chi connectivity index (χ1) is 8.15. The minimum Gasteiger partial charge on any atom is -0.465 e. The topological polar surface area (TPSA) is 52.3 Å². The molecule has 2 aromatic carbocycles. The molecule has 0 radical (unpaired) electrons. The van der Waals surface area contributed by atoms with Crippen LogP contribution in [-0.2, 0) is 4.74 Å². The van der Waals surface area contributed by atoms with Gasteiger partial charge in [0.25, 0.3) is 0 Å². The van der Waals surface area contributed by atoms with E-state index in [0.29, 0.717) is 10.6 Å². The number of hydrogen-bond donors (Lipinski definition) is 1. The van der Waals surface area contributed by atoms with Crippen molar-refractivity contribution in [2.45, 2.75) is 0 Å². The van der Waals surface area contributed by atoms with Crippen LogP contribution < -0.4 is 5.73 Å². The van der Waals surface area contributed by atoms with Crippen LogP contribution >= 0.6 is 12.2 Å². The highest BCUT2D eigenvalue weighted by Crippen LogP contribution is 2.23. The molecule has 2 rings (SSSR count). The van der Waals surface area contributed by atoms with Crippen molar-refractivity contribution in [2.24, 2.45) is 5.73 Å². The Bertz CT molecular complexity index is 607. The van der Waals surface area contributed by atoms with Crippen LogP contribution in [0, 0.1) is 0 Å². The van der Waals surface area contributed by atoms with E-state index in [1.807, 2.05) is 24.3 Å². The second-order valence-electron chi connectivity index (χ2n) is 3.56. The predicted octanol–water partition coefficient (Wildman–Crippen LogP) is 2.26. The van der Waals surface area contributed by atoms with Crippen molar-refractivity contribution in [2.75, 3.05) is 7.11 Å². The van der Waals surface area contributed by atoms with Crippen molar-refractivity contribution in [3.63, 3.8) is 0 Å². The molecule has 86 valence electrons. The van der Waals surface area contributed by atoms with E-state index in [9.17, 15) is 4.79 Å². The molecule has 0 atom stereocenters. The lowest BCUT2D eigenvalue weighted by atomic mass is 9.99. The maximum atomic E-state index is 11.6. The molecule has 0 amide bonds. The summed E-state index contributed by atoms with van der Waals surface area (Å²) in [5, 5.41) is 1.66. The average molecular weight is 245 g/mol.